The predicted molar refractivity (Wildman–Crippen MR) is 141 cm³/mol. The van der Waals surface area contributed by atoms with Crippen molar-refractivity contribution >= 4 is 11.9 Å². The Balaban J connectivity index is 0.00000336. The monoisotopic (exact) mass is 519 g/mol. The number of aromatic nitrogens is 7. The summed E-state index contributed by atoms with van der Waals surface area (Å²) in [6.45, 7) is 8.73. The first-order valence-electron chi connectivity index (χ1n) is 12.1. The van der Waals surface area contributed by atoms with E-state index in [2.05, 4.69) is 46.0 Å². The maximum atomic E-state index is 12.5. The van der Waals surface area contributed by atoms with Crippen LogP contribution in [0.15, 0.2) is 47.6 Å². The first kappa shape index (κ1) is 26.9. The number of carbonyl (C=O) groups excluding carboxylic acids is 1. The Morgan fingerprint density at radius 2 is 1.82 bits per heavy atom. The predicted octanol–water partition coefficient (Wildman–Crippen LogP) is 2.82. The van der Waals surface area contributed by atoms with Crippen LogP contribution in [0.2, 0.25) is 0 Å². The Bertz CT molecular complexity index is 1360. The average molecular weight is 520 g/mol. The van der Waals surface area contributed by atoms with Gasteiger partial charge in [-0.2, -0.15) is 10.1 Å². The molecule has 2 N–H and O–H groups in total. The summed E-state index contributed by atoms with van der Waals surface area (Å²) in [5.41, 5.74) is 8.14. The van der Waals surface area contributed by atoms with E-state index >= 15 is 0 Å². The van der Waals surface area contributed by atoms with Gasteiger partial charge < -0.3 is 19.9 Å². The number of nitrogen functional groups attached to an aromatic ring is 1. The molecule has 4 aromatic heterocycles. The van der Waals surface area contributed by atoms with Gasteiger partial charge >= 0.3 is 0 Å². The quantitative estimate of drug-likeness (QED) is 0.386. The lowest BCUT2D eigenvalue weighted by Gasteiger charge is -2.30. The Hall–Kier alpha value is -4.19. The molecule has 0 aliphatic carbocycles. The molecule has 4 aromatic rings. The van der Waals surface area contributed by atoms with E-state index < -0.39 is 5.41 Å². The maximum absolute atomic E-state index is 12.5. The number of hydrogen-bond donors (Lipinski definition) is 1. The Kier molecular flexibility index (Phi) is 7.81. The summed E-state index contributed by atoms with van der Waals surface area (Å²) in [5, 5.41) is 8.64. The van der Waals surface area contributed by atoms with Crippen LogP contribution in [0.25, 0.3) is 22.7 Å². The van der Waals surface area contributed by atoms with Crippen LogP contribution in [-0.2, 0) is 21.5 Å². The third-order valence-electron chi connectivity index (χ3n) is 6.92. The van der Waals surface area contributed by atoms with Crippen LogP contribution in [0.4, 0.5) is 5.95 Å². The summed E-state index contributed by atoms with van der Waals surface area (Å²) in [7, 11) is 0. The zero-order valence-corrected chi connectivity index (χ0v) is 21.0. The second-order valence-electron chi connectivity index (χ2n) is 9.46. The van der Waals surface area contributed by atoms with Gasteiger partial charge in [-0.05, 0) is 24.5 Å². The van der Waals surface area contributed by atoms with Crippen LogP contribution in [-0.4, -0.2) is 72.0 Å². The van der Waals surface area contributed by atoms with E-state index in [1.807, 2.05) is 18.3 Å². The molecule has 1 saturated heterocycles. The third-order valence-corrected chi connectivity index (χ3v) is 6.92. The number of carbonyl (C=O) groups is 1. The molecule has 38 heavy (non-hydrogen) atoms. The van der Waals surface area contributed by atoms with Gasteiger partial charge in [-0.25, -0.2) is 9.97 Å². The van der Waals surface area contributed by atoms with Gasteiger partial charge in [0.2, 0.25) is 11.9 Å². The smallest absolute Gasteiger partial charge is 0.261 e. The van der Waals surface area contributed by atoms with E-state index in [1.54, 1.807) is 34.4 Å². The van der Waals surface area contributed by atoms with Crippen molar-refractivity contribution < 1.29 is 14.1 Å². The lowest BCUT2D eigenvalue weighted by atomic mass is 9.73. The Labute approximate surface area is 221 Å². The van der Waals surface area contributed by atoms with E-state index in [-0.39, 0.29) is 31.7 Å². The average Bonchev–Trinajstić information content (AvgIpc) is 3.59. The third kappa shape index (κ3) is 5.25. The first-order valence-corrected chi connectivity index (χ1v) is 12.1. The standard InChI is InChI=1S/C25H29N9O3.CH4/c1-16(2)25(3,19-4-5-20(27-13-19)17-10-28-24(26)29-11-17)23-31-22(37-32-23)18-12-30-34(14-18)15-21(35)33-6-8-36-9-7-33;/h4-5,10-14,16H,6-9,15H2,1-3H3,(H2,26,28,29);1H4/t25-;/m1./s1. The Morgan fingerprint density at radius 3 is 2.47 bits per heavy atom. The van der Waals surface area contributed by atoms with Gasteiger partial charge in [0.25, 0.3) is 5.89 Å². The second kappa shape index (κ2) is 11.1. The number of hydrogen-bond acceptors (Lipinski definition) is 10. The van der Waals surface area contributed by atoms with Crippen molar-refractivity contribution in [1.82, 2.24) is 39.8 Å². The van der Waals surface area contributed by atoms with Crippen molar-refractivity contribution in [2.75, 3.05) is 32.0 Å². The number of pyridine rings is 1. The minimum absolute atomic E-state index is 0. The molecule has 0 bridgehead atoms. The van der Waals surface area contributed by atoms with E-state index in [4.69, 9.17) is 20.0 Å². The van der Waals surface area contributed by atoms with E-state index in [9.17, 15) is 4.79 Å². The highest BCUT2D eigenvalue weighted by atomic mass is 16.5. The molecule has 1 aliphatic heterocycles. The normalized spacial score (nSPS) is 15.2. The zero-order chi connectivity index (χ0) is 26.0. The minimum atomic E-state index is -0.562. The molecule has 12 heteroatoms. The first-order chi connectivity index (χ1) is 17.8. The number of amides is 1. The molecule has 1 amide bonds. The lowest BCUT2D eigenvalue weighted by molar-refractivity contribution is -0.136. The van der Waals surface area contributed by atoms with Crippen LogP contribution in [0.1, 0.15) is 39.6 Å². The van der Waals surface area contributed by atoms with Crippen molar-refractivity contribution in [2.45, 2.75) is 40.2 Å². The number of nitrogens with zero attached hydrogens (tertiary/aromatic N) is 8. The Morgan fingerprint density at radius 1 is 1.08 bits per heavy atom. The van der Waals surface area contributed by atoms with Crippen molar-refractivity contribution in [1.29, 1.82) is 0 Å². The van der Waals surface area contributed by atoms with Crippen molar-refractivity contribution in [3.63, 3.8) is 0 Å². The molecule has 5 heterocycles. The summed E-state index contributed by atoms with van der Waals surface area (Å²) >= 11 is 0. The molecule has 0 aromatic carbocycles. The highest BCUT2D eigenvalue weighted by Gasteiger charge is 2.38. The summed E-state index contributed by atoms with van der Waals surface area (Å²) < 4.78 is 12.5. The van der Waals surface area contributed by atoms with Gasteiger partial charge in [-0.3, -0.25) is 14.5 Å². The van der Waals surface area contributed by atoms with Gasteiger partial charge in [0.1, 0.15) is 6.54 Å². The highest BCUT2D eigenvalue weighted by Crippen LogP contribution is 2.38. The van der Waals surface area contributed by atoms with E-state index in [0.717, 1.165) is 16.8 Å². The van der Waals surface area contributed by atoms with Gasteiger partial charge in [0.05, 0.1) is 36.1 Å². The number of ether oxygens (including phenoxy) is 1. The number of nitrogens with two attached hydrogens (primary N) is 1. The van der Waals surface area contributed by atoms with E-state index in [1.165, 1.54) is 0 Å². The second-order valence-corrected chi connectivity index (χ2v) is 9.46. The zero-order valence-electron chi connectivity index (χ0n) is 21.0. The molecular weight excluding hydrogens is 486 g/mol. The summed E-state index contributed by atoms with van der Waals surface area (Å²) in [6, 6.07) is 3.92. The van der Waals surface area contributed by atoms with E-state index in [0.29, 0.717) is 43.6 Å². The van der Waals surface area contributed by atoms with Crippen molar-refractivity contribution in [2.24, 2.45) is 5.92 Å². The molecule has 0 spiro atoms. The molecule has 0 unspecified atom stereocenters. The maximum Gasteiger partial charge on any atom is 0.261 e. The molecule has 1 aliphatic rings. The van der Waals surface area contributed by atoms with Crippen molar-refractivity contribution in [3.8, 4) is 22.7 Å². The van der Waals surface area contributed by atoms with Crippen LogP contribution in [0.3, 0.4) is 0 Å². The van der Waals surface area contributed by atoms with Gasteiger partial charge in [0.15, 0.2) is 5.82 Å². The molecular formula is C26H33N9O3. The van der Waals surface area contributed by atoms with Gasteiger partial charge in [0, 0.05) is 43.4 Å². The van der Waals surface area contributed by atoms with Gasteiger partial charge in [-0.15, -0.1) is 0 Å². The van der Waals surface area contributed by atoms with Crippen molar-refractivity contribution in [3.05, 3.63) is 54.5 Å². The number of anilines is 1. The highest BCUT2D eigenvalue weighted by molar-refractivity contribution is 5.76. The number of rotatable bonds is 7. The fourth-order valence-electron chi connectivity index (χ4n) is 4.23. The number of morpholine rings is 1. The molecule has 1 atom stereocenters. The van der Waals surface area contributed by atoms with Crippen LogP contribution in [0, 0.1) is 5.92 Å². The largest absolute Gasteiger partial charge is 0.378 e. The molecule has 12 nitrogen and oxygen atoms in total. The molecule has 200 valence electrons. The topological polar surface area (TPSA) is 151 Å². The van der Waals surface area contributed by atoms with Crippen LogP contribution < -0.4 is 5.73 Å². The van der Waals surface area contributed by atoms with Crippen LogP contribution >= 0.6 is 0 Å². The molecule has 0 radical (unpaired) electrons. The SMILES string of the molecule is C.CC(C)[C@](C)(c1ccc(-c2cnc(N)nc2)nc1)c1noc(-c2cnn(CC(=O)N3CCOCC3)c2)n1. The van der Waals surface area contributed by atoms with Gasteiger partial charge in [-0.1, -0.05) is 32.5 Å². The summed E-state index contributed by atoms with van der Waals surface area (Å²) in [4.78, 5) is 31.7. The summed E-state index contributed by atoms with van der Waals surface area (Å²) in [6.07, 6.45) is 8.48. The fourth-order valence-corrected chi connectivity index (χ4v) is 4.23. The summed E-state index contributed by atoms with van der Waals surface area (Å²) in [5.74, 6) is 1.24. The minimum Gasteiger partial charge on any atom is -0.378 e. The fraction of sp³-hybridized carbons (Fsp3) is 0.423. The van der Waals surface area contributed by atoms with Crippen LogP contribution in [0.5, 0.6) is 0 Å². The molecule has 5 rings (SSSR count). The molecule has 0 saturated carbocycles. The molecule has 1 fully saturated rings. The lowest BCUT2D eigenvalue weighted by Crippen LogP contribution is -2.42.